The Morgan fingerprint density at radius 3 is 1.22 bits per heavy atom. The first-order valence-corrected chi connectivity index (χ1v) is 2.82. The topological polar surface area (TPSA) is 0 Å². The van der Waals surface area contributed by atoms with E-state index in [1.807, 2.05) is 0 Å². The minimum atomic E-state index is 0. The first kappa shape index (κ1) is 9.73. The van der Waals surface area contributed by atoms with Gasteiger partial charge in [0.15, 0.2) is 0 Å². The molecule has 2 radical (unpaired) electrons. The molecule has 0 aliphatic heterocycles. The molecule has 0 aromatic rings. The zero-order valence-corrected chi connectivity index (χ0v) is 8.12. The Kier molecular flexibility index (Phi) is 4.09. The summed E-state index contributed by atoms with van der Waals surface area (Å²) in [6, 6.07) is 0. The van der Waals surface area contributed by atoms with E-state index in [9.17, 15) is 0 Å². The van der Waals surface area contributed by atoms with Crippen molar-refractivity contribution in [2.75, 3.05) is 0 Å². The molecule has 0 aromatic heterocycles. The first-order valence-electron chi connectivity index (χ1n) is 2.82. The van der Waals surface area contributed by atoms with Crippen LogP contribution in [-0.4, -0.2) is 0 Å². The maximum atomic E-state index is 2.30. The van der Waals surface area contributed by atoms with Crippen LogP contribution in [0.3, 0.4) is 0 Å². The van der Waals surface area contributed by atoms with Crippen molar-refractivity contribution >= 4 is 0 Å². The molecule has 0 saturated heterocycles. The van der Waals surface area contributed by atoms with Crippen LogP contribution in [0.25, 0.3) is 0 Å². The number of allylic oxidation sites excluding steroid dienone is 4. The molecular weight excluding hydrogens is 290 g/mol. The molecule has 2 aliphatic carbocycles. The van der Waals surface area contributed by atoms with E-state index >= 15 is 0 Å². The molecule has 0 atom stereocenters. The van der Waals surface area contributed by atoms with Crippen molar-refractivity contribution in [1.82, 2.24) is 0 Å². The van der Waals surface area contributed by atoms with Gasteiger partial charge in [-0.3, -0.25) is 0 Å². The van der Waals surface area contributed by atoms with E-state index in [1.165, 1.54) is 6.42 Å². The molecule has 0 aromatic carbocycles. The molecule has 0 N–H and O–H groups in total. The summed E-state index contributed by atoms with van der Waals surface area (Å²) >= 11 is 0. The molecule has 2 aliphatic rings. The number of hydrogen-bond donors (Lipinski definition) is 0. The Morgan fingerprint density at radius 2 is 1.11 bits per heavy atom. The van der Waals surface area contributed by atoms with Gasteiger partial charge in [-0.2, -0.15) is 0 Å². The molecule has 0 amide bonds. The summed E-state index contributed by atoms with van der Waals surface area (Å²) in [4.78, 5) is 0. The van der Waals surface area contributed by atoms with Gasteiger partial charge in [0, 0.05) is 39.0 Å². The minimum Gasteiger partial charge on any atom is -0.0810 e. The molecule has 0 unspecified atom stereocenters. The van der Waals surface area contributed by atoms with Gasteiger partial charge in [0.25, 0.3) is 0 Å². The van der Waals surface area contributed by atoms with E-state index < -0.39 is 0 Å². The molecule has 2 rings (SSSR count). The van der Waals surface area contributed by atoms with Crippen molar-refractivity contribution in [3.63, 3.8) is 0 Å². The second-order valence-electron chi connectivity index (χ2n) is 2.33. The predicted octanol–water partition coefficient (Wildman–Crippen LogP) is 1.74. The number of fused-ring (bicyclic) bond motifs is 2. The largest absolute Gasteiger partial charge is 0.0810 e. The van der Waals surface area contributed by atoms with Gasteiger partial charge in [-0.15, -0.1) is 0 Å². The van der Waals surface area contributed by atoms with Gasteiger partial charge in [-0.1, -0.05) is 24.3 Å². The van der Waals surface area contributed by atoms with E-state index in [-0.39, 0.29) is 39.0 Å². The van der Waals surface area contributed by atoms with Crippen LogP contribution in [0.15, 0.2) is 24.3 Å². The van der Waals surface area contributed by atoms with Crippen LogP contribution in [0.5, 0.6) is 0 Å². The summed E-state index contributed by atoms with van der Waals surface area (Å²) in [6.07, 6.45) is 10.5. The Balaban J connectivity index is 0.000000320. The van der Waals surface area contributed by atoms with Gasteiger partial charge >= 0.3 is 0 Å². The van der Waals surface area contributed by atoms with Crippen LogP contribution in [-0.2, 0) is 39.0 Å². The van der Waals surface area contributed by atoms with Crippen molar-refractivity contribution in [1.29, 1.82) is 0 Å². The fraction of sp³-hybridized carbons (Fsp3) is 0.429. The van der Waals surface area contributed by atoms with E-state index in [1.54, 1.807) is 0 Å². The fourth-order valence-electron chi connectivity index (χ4n) is 1.33. The fourth-order valence-corrected chi connectivity index (χ4v) is 1.33. The molecular formula is C7H8Rh2. The van der Waals surface area contributed by atoms with Gasteiger partial charge < -0.3 is 0 Å². The molecule has 0 saturated carbocycles. The summed E-state index contributed by atoms with van der Waals surface area (Å²) < 4.78 is 0. The van der Waals surface area contributed by atoms with E-state index in [2.05, 4.69) is 24.3 Å². The van der Waals surface area contributed by atoms with E-state index in [0.29, 0.717) is 0 Å². The van der Waals surface area contributed by atoms with Crippen molar-refractivity contribution in [3.8, 4) is 0 Å². The summed E-state index contributed by atoms with van der Waals surface area (Å²) in [6.45, 7) is 0. The molecule has 2 heteroatoms. The third-order valence-electron chi connectivity index (χ3n) is 1.76. The Bertz CT molecular complexity index is 110. The zero-order chi connectivity index (χ0) is 4.69. The van der Waals surface area contributed by atoms with Gasteiger partial charge in [0.05, 0.1) is 0 Å². The van der Waals surface area contributed by atoms with Crippen LogP contribution in [0, 0.1) is 11.8 Å². The van der Waals surface area contributed by atoms with Crippen LogP contribution in [0.4, 0.5) is 0 Å². The first-order chi connectivity index (χ1) is 3.45. The molecule has 9 heavy (non-hydrogen) atoms. The molecule has 0 spiro atoms. The zero-order valence-electron chi connectivity index (χ0n) is 4.84. The Hall–Kier alpha value is 0.727. The van der Waals surface area contributed by atoms with Crippen molar-refractivity contribution in [2.24, 2.45) is 11.8 Å². The second kappa shape index (κ2) is 3.79. The summed E-state index contributed by atoms with van der Waals surface area (Å²) in [7, 11) is 0. The number of rotatable bonds is 0. The van der Waals surface area contributed by atoms with Crippen molar-refractivity contribution in [2.45, 2.75) is 6.42 Å². The van der Waals surface area contributed by atoms with Crippen LogP contribution in [0.2, 0.25) is 0 Å². The third-order valence-corrected chi connectivity index (χ3v) is 1.76. The monoisotopic (exact) mass is 298 g/mol. The number of hydrogen-bond acceptors (Lipinski definition) is 0. The molecule has 0 heterocycles. The van der Waals surface area contributed by atoms with Crippen molar-refractivity contribution < 1.29 is 39.0 Å². The molecule has 0 fully saturated rings. The smallest absolute Gasteiger partial charge is 0 e. The van der Waals surface area contributed by atoms with Crippen LogP contribution >= 0.6 is 0 Å². The Labute approximate surface area is 81.3 Å². The van der Waals surface area contributed by atoms with Gasteiger partial charge in [0.2, 0.25) is 0 Å². The van der Waals surface area contributed by atoms with Crippen molar-refractivity contribution in [3.05, 3.63) is 24.3 Å². The maximum absolute atomic E-state index is 2.30. The Morgan fingerprint density at radius 1 is 0.778 bits per heavy atom. The van der Waals surface area contributed by atoms with Crippen LogP contribution < -0.4 is 0 Å². The van der Waals surface area contributed by atoms with Gasteiger partial charge in [-0.25, -0.2) is 0 Å². The standard InChI is InChI=1S/C7H8.2Rh/c1-2-7-4-3-6(1)5-7;;/h1-4,6-7H,5H2;;. The maximum Gasteiger partial charge on any atom is 0 e. The van der Waals surface area contributed by atoms with E-state index in [4.69, 9.17) is 0 Å². The quantitative estimate of drug-likeness (QED) is 0.472. The van der Waals surface area contributed by atoms with Gasteiger partial charge in [0.1, 0.15) is 0 Å². The van der Waals surface area contributed by atoms with Crippen LogP contribution in [0.1, 0.15) is 6.42 Å². The summed E-state index contributed by atoms with van der Waals surface area (Å²) in [5.74, 6) is 1.62. The summed E-state index contributed by atoms with van der Waals surface area (Å²) in [5, 5.41) is 0. The predicted molar refractivity (Wildman–Crippen MR) is 29.9 cm³/mol. The van der Waals surface area contributed by atoms with E-state index in [0.717, 1.165) is 11.8 Å². The molecule has 0 nitrogen and oxygen atoms in total. The minimum absolute atomic E-state index is 0. The SMILES string of the molecule is C1=CC2C=CC1C2.[Rh].[Rh]. The van der Waals surface area contributed by atoms with Gasteiger partial charge in [-0.05, 0) is 18.3 Å². The third kappa shape index (κ3) is 1.82. The average Bonchev–Trinajstić information content (AvgIpc) is 2.22. The molecule has 2 bridgehead atoms. The average molecular weight is 298 g/mol. The normalized spacial score (nSPS) is 33.8. The molecule has 54 valence electrons. The second-order valence-corrected chi connectivity index (χ2v) is 2.33. The summed E-state index contributed by atoms with van der Waals surface area (Å²) in [5.41, 5.74) is 0.